The second-order valence-corrected chi connectivity index (χ2v) is 3.46. The maximum Gasteiger partial charge on any atom is 0.390 e. The lowest BCUT2D eigenvalue weighted by Gasteiger charge is -1.98. The van der Waals surface area contributed by atoms with Crippen LogP contribution >= 0.6 is 0 Å². The molecule has 0 saturated heterocycles. The summed E-state index contributed by atoms with van der Waals surface area (Å²) in [4.78, 5) is 25.3. The van der Waals surface area contributed by atoms with Crippen LogP contribution in [0.15, 0.2) is 18.2 Å². The zero-order chi connectivity index (χ0) is 11.9. The van der Waals surface area contributed by atoms with Gasteiger partial charge in [0.25, 0.3) is 5.82 Å². The number of aromatic nitrogens is 2. The van der Waals surface area contributed by atoms with Gasteiger partial charge in [-0.25, -0.2) is 0 Å². The van der Waals surface area contributed by atoms with Crippen molar-refractivity contribution in [2.45, 2.75) is 13.8 Å². The molecule has 16 heavy (non-hydrogen) atoms. The number of rotatable bonds is 2. The van der Waals surface area contributed by atoms with Crippen molar-refractivity contribution in [2.75, 3.05) is 0 Å². The Hall–Kier alpha value is -2.24. The Bertz CT molecular complexity index is 601. The number of hydrogen-bond acceptors (Lipinski definition) is 4. The summed E-state index contributed by atoms with van der Waals surface area (Å²) in [6, 6.07) is 5.04. The lowest BCUT2D eigenvalue weighted by atomic mass is 10.3. The Morgan fingerprint density at radius 2 is 2.19 bits per heavy atom. The van der Waals surface area contributed by atoms with Crippen LogP contribution in [0.1, 0.15) is 23.2 Å². The van der Waals surface area contributed by atoms with Crippen LogP contribution in [0, 0.1) is 17.0 Å². The van der Waals surface area contributed by atoms with E-state index in [0.717, 1.165) is 5.69 Å². The maximum absolute atomic E-state index is 11.3. The monoisotopic (exact) mass is 219 g/mol. The first-order valence-corrected chi connectivity index (χ1v) is 4.65. The van der Waals surface area contributed by atoms with Gasteiger partial charge < -0.3 is 10.1 Å². The quantitative estimate of drug-likeness (QED) is 0.438. The summed E-state index contributed by atoms with van der Waals surface area (Å²) in [7, 11) is 0. The minimum atomic E-state index is -0.582. The molecule has 0 atom stereocenters. The highest BCUT2D eigenvalue weighted by molar-refractivity contribution is 5.93. The molecule has 0 radical (unpaired) electrons. The van der Waals surface area contributed by atoms with Crippen LogP contribution in [-0.4, -0.2) is 20.1 Å². The fourth-order valence-electron chi connectivity index (χ4n) is 1.65. The van der Waals surface area contributed by atoms with Gasteiger partial charge in [0, 0.05) is 12.6 Å². The van der Waals surface area contributed by atoms with Gasteiger partial charge in [0.1, 0.15) is 5.52 Å². The number of carbonyl (C=O) groups is 1. The van der Waals surface area contributed by atoms with E-state index < -0.39 is 4.92 Å². The van der Waals surface area contributed by atoms with Crippen LogP contribution in [0.4, 0.5) is 5.82 Å². The fraction of sp³-hybridized carbons (Fsp3) is 0.200. The van der Waals surface area contributed by atoms with E-state index in [1.54, 1.807) is 25.1 Å². The summed E-state index contributed by atoms with van der Waals surface area (Å²) in [5, 5.41) is 10.8. The Kier molecular flexibility index (Phi) is 2.19. The number of hydrogen-bond donors (Lipinski definition) is 0. The zero-order valence-corrected chi connectivity index (χ0v) is 8.80. The van der Waals surface area contributed by atoms with Crippen LogP contribution in [0.3, 0.4) is 0 Å². The number of pyridine rings is 1. The molecule has 0 aliphatic heterocycles. The zero-order valence-electron chi connectivity index (χ0n) is 8.80. The van der Waals surface area contributed by atoms with Crippen LogP contribution < -0.4 is 0 Å². The minimum absolute atomic E-state index is 0.0970. The van der Waals surface area contributed by atoms with Gasteiger partial charge in [0.2, 0.25) is 5.78 Å². The third kappa shape index (κ3) is 1.35. The Morgan fingerprint density at radius 3 is 2.75 bits per heavy atom. The molecule has 6 nitrogen and oxygen atoms in total. The Labute approximate surface area is 90.7 Å². The predicted molar refractivity (Wildman–Crippen MR) is 56.6 cm³/mol. The van der Waals surface area contributed by atoms with E-state index in [-0.39, 0.29) is 17.4 Å². The molecule has 2 rings (SSSR count). The molecule has 0 aromatic carbocycles. The number of Topliss-reactive ketones (excluding diaryl/α,β-unsaturated/α-hetero) is 1. The molecule has 0 spiro atoms. The van der Waals surface area contributed by atoms with E-state index in [4.69, 9.17) is 0 Å². The van der Waals surface area contributed by atoms with Crippen LogP contribution in [0.5, 0.6) is 0 Å². The molecule has 0 saturated carbocycles. The first-order valence-electron chi connectivity index (χ1n) is 4.65. The third-order valence-electron chi connectivity index (χ3n) is 2.33. The molecule has 0 unspecified atom stereocenters. The van der Waals surface area contributed by atoms with E-state index >= 15 is 0 Å². The number of fused-ring (bicyclic) bond motifs is 1. The van der Waals surface area contributed by atoms with Crippen molar-refractivity contribution in [3.05, 3.63) is 39.8 Å². The molecule has 0 fully saturated rings. The average molecular weight is 219 g/mol. The highest BCUT2D eigenvalue weighted by Crippen LogP contribution is 2.22. The van der Waals surface area contributed by atoms with Gasteiger partial charge in [0.05, 0.1) is 0 Å². The van der Waals surface area contributed by atoms with Crippen molar-refractivity contribution in [2.24, 2.45) is 0 Å². The van der Waals surface area contributed by atoms with Gasteiger partial charge in [-0.1, -0.05) is 6.07 Å². The molecule has 82 valence electrons. The Morgan fingerprint density at radius 1 is 1.50 bits per heavy atom. The molecular weight excluding hydrogens is 210 g/mol. The lowest BCUT2D eigenvalue weighted by molar-refractivity contribution is -0.387. The summed E-state index contributed by atoms with van der Waals surface area (Å²) < 4.78 is 1.50. The van der Waals surface area contributed by atoms with Crippen molar-refractivity contribution in [3.8, 4) is 0 Å². The SMILES string of the molecule is CC(=O)c1nc([N+](=O)[O-])c2cccc(C)n12. The van der Waals surface area contributed by atoms with Gasteiger partial charge in [-0.15, -0.1) is 0 Å². The largest absolute Gasteiger partial charge is 0.390 e. The molecule has 0 aliphatic rings. The molecule has 6 heteroatoms. The van der Waals surface area contributed by atoms with Crippen molar-refractivity contribution in [1.82, 2.24) is 9.38 Å². The van der Waals surface area contributed by atoms with E-state index in [2.05, 4.69) is 4.98 Å². The summed E-state index contributed by atoms with van der Waals surface area (Å²) in [5.74, 6) is -0.480. The number of aryl methyl sites for hydroxylation is 1. The van der Waals surface area contributed by atoms with Crippen LogP contribution in [0.25, 0.3) is 5.52 Å². The number of nitrogens with zero attached hydrogens (tertiary/aromatic N) is 3. The molecule has 2 heterocycles. The minimum Gasteiger partial charge on any atom is -0.358 e. The van der Waals surface area contributed by atoms with Crippen LogP contribution in [0.2, 0.25) is 0 Å². The number of imidazole rings is 1. The van der Waals surface area contributed by atoms with Gasteiger partial charge in [-0.05, 0) is 29.0 Å². The molecule has 0 amide bonds. The van der Waals surface area contributed by atoms with E-state index in [1.807, 2.05) is 0 Å². The Balaban J connectivity index is 2.93. The van der Waals surface area contributed by atoms with Crippen LogP contribution in [-0.2, 0) is 0 Å². The summed E-state index contributed by atoms with van der Waals surface area (Å²) >= 11 is 0. The van der Waals surface area contributed by atoms with Gasteiger partial charge in [-0.3, -0.25) is 9.20 Å². The summed E-state index contributed by atoms with van der Waals surface area (Å²) in [5.41, 5.74) is 1.08. The van der Waals surface area contributed by atoms with E-state index in [9.17, 15) is 14.9 Å². The fourth-order valence-corrected chi connectivity index (χ4v) is 1.65. The lowest BCUT2D eigenvalue weighted by Crippen LogP contribution is -2.02. The highest BCUT2D eigenvalue weighted by atomic mass is 16.6. The molecule has 2 aromatic rings. The first-order chi connectivity index (χ1) is 7.52. The third-order valence-corrected chi connectivity index (χ3v) is 2.33. The summed E-state index contributed by atoms with van der Waals surface area (Å²) in [6.07, 6.45) is 0. The van der Waals surface area contributed by atoms with E-state index in [1.165, 1.54) is 11.3 Å². The van der Waals surface area contributed by atoms with Gasteiger partial charge in [-0.2, -0.15) is 0 Å². The number of carbonyl (C=O) groups excluding carboxylic acids is 1. The molecule has 2 aromatic heterocycles. The van der Waals surface area contributed by atoms with Crippen molar-refractivity contribution in [1.29, 1.82) is 0 Å². The second kappa shape index (κ2) is 3.41. The smallest absolute Gasteiger partial charge is 0.358 e. The van der Waals surface area contributed by atoms with Gasteiger partial charge in [0.15, 0.2) is 0 Å². The summed E-state index contributed by atoms with van der Waals surface area (Å²) in [6.45, 7) is 3.11. The van der Waals surface area contributed by atoms with Crippen molar-refractivity contribution < 1.29 is 9.72 Å². The van der Waals surface area contributed by atoms with Gasteiger partial charge >= 0.3 is 5.82 Å². The number of nitro groups is 1. The maximum atomic E-state index is 11.3. The van der Waals surface area contributed by atoms with Crippen molar-refractivity contribution in [3.63, 3.8) is 0 Å². The molecule has 0 N–H and O–H groups in total. The topological polar surface area (TPSA) is 77.5 Å². The highest BCUT2D eigenvalue weighted by Gasteiger charge is 2.25. The molecule has 0 aliphatic carbocycles. The average Bonchev–Trinajstić information content (AvgIpc) is 2.58. The number of ketones is 1. The van der Waals surface area contributed by atoms with E-state index in [0.29, 0.717) is 5.52 Å². The molecular formula is C10H9N3O3. The van der Waals surface area contributed by atoms with Crippen molar-refractivity contribution >= 4 is 17.1 Å². The second-order valence-electron chi connectivity index (χ2n) is 3.46. The standard InChI is InChI=1S/C10H9N3O3/c1-6-4-3-5-8-10(13(15)16)11-9(7(2)14)12(6)8/h3-5H,1-2H3. The molecule has 0 bridgehead atoms. The first kappa shape index (κ1) is 10.3. The predicted octanol–water partition coefficient (Wildman–Crippen LogP) is 1.75. The normalized spacial score (nSPS) is 10.6.